The summed E-state index contributed by atoms with van der Waals surface area (Å²) in [5.74, 6) is 0.640. The molecule has 1 N–H and O–H groups in total. The molecule has 0 aromatic heterocycles. The van der Waals surface area contributed by atoms with E-state index in [1.807, 2.05) is 6.92 Å². The van der Waals surface area contributed by atoms with Crippen LogP contribution in [0.5, 0.6) is 5.75 Å². The van der Waals surface area contributed by atoms with Crippen molar-refractivity contribution in [2.75, 3.05) is 18.2 Å². The Morgan fingerprint density at radius 1 is 1.41 bits per heavy atom. The molecular formula is C12H14N2O3. The quantitative estimate of drug-likeness (QED) is 0.850. The number of carbonyl (C=O) groups excluding carboxylic acids is 1. The van der Waals surface area contributed by atoms with Gasteiger partial charge >= 0.3 is 0 Å². The van der Waals surface area contributed by atoms with Crippen molar-refractivity contribution >= 4 is 17.3 Å². The second-order valence-electron chi connectivity index (χ2n) is 3.78. The number of amides is 1. The molecule has 0 saturated carbocycles. The fourth-order valence-corrected chi connectivity index (χ4v) is 1.60. The Morgan fingerprint density at radius 3 is 2.65 bits per heavy atom. The third-order valence-electron chi connectivity index (χ3n) is 2.36. The van der Waals surface area contributed by atoms with Gasteiger partial charge in [-0.1, -0.05) is 0 Å². The van der Waals surface area contributed by atoms with Crippen LogP contribution in [-0.2, 0) is 4.79 Å². The van der Waals surface area contributed by atoms with E-state index in [4.69, 9.17) is 9.84 Å². The number of carbonyl (C=O) groups is 1. The van der Waals surface area contributed by atoms with Crippen molar-refractivity contribution in [3.63, 3.8) is 0 Å². The number of hydrogen-bond donors (Lipinski definition) is 1. The maximum atomic E-state index is 11.6. The first kappa shape index (κ1) is 11.6. The van der Waals surface area contributed by atoms with E-state index in [2.05, 4.69) is 5.10 Å². The van der Waals surface area contributed by atoms with Crippen molar-refractivity contribution in [1.29, 1.82) is 0 Å². The molecule has 1 heterocycles. The van der Waals surface area contributed by atoms with Gasteiger partial charge < -0.3 is 9.84 Å². The van der Waals surface area contributed by atoms with Crippen LogP contribution in [0.2, 0.25) is 0 Å². The smallest absolute Gasteiger partial charge is 0.253 e. The van der Waals surface area contributed by atoms with Crippen molar-refractivity contribution in [3.8, 4) is 5.75 Å². The van der Waals surface area contributed by atoms with E-state index >= 15 is 0 Å². The third kappa shape index (κ3) is 2.62. The van der Waals surface area contributed by atoms with Gasteiger partial charge in [-0.25, -0.2) is 5.01 Å². The third-order valence-corrected chi connectivity index (χ3v) is 2.36. The van der Waals surface area contributed by atoms with Crippen LogP contribution in [0.3, 0.4) is 0 Å². The zero-order valence-corrected chi connectivity index (χ0v) is 9.59. The molecule has 1 aromatic carbocycles. The lowest BCUT2D eigenvalue weighted by atomic mass is 10.2. The van der Waals surface area contributed by atoms with Crippen LogP contribution in [0, 0.1) is 0 Å². The molecule has 1 aromatic rings. The van der Waals surface area contributed by atoms with Gasteiger partial charge in [-0.2, -0.15) is 5.10 Å². The first-order chi connectivity index (χ1) is 8.20. The Labute approximate surface area is 99.3 Å². The van der Waals surface area contributed by atoms with Gasteiger partial charge in [-0.3, -0.25) is 4.79 Å². The average Bonchev–Trinajstić information content (AvgIpc) is 2.66. The fourth-order valence-electron chi connectivity index (χ4n) is 1.60. The first-order valence-corrected chi connectivity index (χ1v) is 5.41. The summed E-state index contributed by atoms with van der Waals surface area (Å²) < 4.78 is 5.23. The molecule has 0 unspecified atom stereocenters. The summed E-state index contributed by atoms with van der Waals surface area (Å²) in [4.78, 5) is 11.6. The molecule has 0 bridgehead atoms. The Bertz CT molecular complexity index is 440. The summed E-state index contributed by atoms with van der Waals surface area (Å²) in [6.45, 7) is 2.08. The molecule has 0 fully saturated rings. The zero-order chi connectivity index (χ0) is 12.3. The predicted octanol–water partition coefficient (Wildman–Crippen LogP) is 1.17. The standard InChI is InChI=1S/C12H14N2O3/c1-9-8-12(16)14(13-9)10-2-4-11(5-3-10)17-7-6-15/h2-5,15H,6-8H2,1H3. The maximum absolute atomic E-state index is 11.6. The van der Waals surface area contributed by atoms with Crippen LogP contribution in [0.25, 0.3) is 0 Å². The van der Waals surface area contributed by atoms with Gasteiger partial charge in [0.2, 0.25) is 0 Å². The minimum absolute atomic E-state index is 0.0180. The van der Waals surface area contributed by atoms with Gasteiger partial charge in [0.1, 0.15) is 12.4 Å². The summed E-state index contributed by atoms with van der Waals surface area (Å²) in [5.41, 5.74) is 1.54. The number of hydrogen-bond acceptors (Lipinski definition) is 4. The second-order valence-corrected chi connectivity index (χ2v) is 3.78. The molecule has 17 heavy (non-hydrogen) atoms. The number of rotatable bonds is 4. The van der Waals surface area contributed by atoms with E-state index in [9.17, 15) is 4.79 Å². The highest BCUT2D eigenvalue weighted by molar-refractivity contribution is 6.12. The highest BCUT2D eigenvalue weighted by atomic mass is 16.5. The van der Waals surface area contributed by atoms with Crippen molar-refractivity contribution in [2.45, 2.75) is 13.3 Å². The lowest BCUT2D eigenvalue weighted by Crippen LogP contribution is -2.19. The maximum Gasteiger partial charge on any atom is 0.253 e. The number of aliphatic hydroxyl groups is 1. The molecule has 0 aliphatic carbocycles. The van der Waals surface area contributed by atoms with E-state index in [1.54, 1.807) is 24.3 Å². The van der Waals surface area contributed by atoms with E-state index in [-0.39, 0.29) is 19.1 Å². The Kier molecular flexibility index (Phi) is 3.39. The van der Waals surface area contributed by atoms with E-state index in [0.29, 0.717) is 12.2 Å². The minimum Gasteiger partial charge on any atom is -0.491 e. The van der Waals surface area contributed by atoms with Crippen LogP contribution >= 0.6 is 0 Å². The summed E-state index contributed by atoms with van der Waals surface area (Å²) in [6, 6.07) is 7.04. The van der Waals surface area contributed by atoms with Crippen LogP contribution < -0.4 is 9.75 Å². The van der Waals surface area contributed by atoms with Crippen molar-refractivity contribution < 1.29 is 14.6 Å². The summed E-state index contributed by atoms with van der Waals surface area (Å²) in [6.07, 6.45) is 0.378. The molecule has 0 saturated heterocycles. The van der Waals surface area contributed by atoms with Crippen LogP contribution in [0.4, 0.5) is 5.69 Å². The highest BCUT2D eigenvalue weighted by Crippen LogP contribution is 2.23. The fraction of sp³-hybridized carbons (Fsp3) is 0.333. The summed E-state index contributed by atoms with van der Waals surface area (Å²) >= 11 is 0. The number of hydrazone groups is 1. The Morgan fingerprint density at radius 2 is 2.12 bits per heavy atom. The van der Waals surface area contributed by atoms with Crippen molar-refractivity contribution in [3.05, 3.63) is 24.3 Å². The van der Waals surface area contributed by atoms with E-state index in [1.165, 1.54) is 5.01 Å². The lowest BCUT2D eigenvalue weighted by molar-refractivity contribution is -0.116. The molecule has 2 rings (SSSR count). The summed E-state index contributed by atoms with van der Waals surface area (Å²) in [7, 11) is 0. The normalized spacial score (nSPS) is 15.1. The molecule has 0 atom stereocenters. The van der Waals surface area contributed by atoms with Gasteiger partial charge in [0.05, 0.1) is 18.7 Å². The largest absolute Gasteiger partial charge is 0.491 e. The number of ether oxygens (including phenoxy) is 1. The number of anilines is 1. The topological polar surface area (TPSA) is 62.1 Å². The van der Waals surface area contributed by atoms with E-state index in [0.717, 1.165) is 11.4 Å². The SMILES string of the molecule is CC1=NN(c2ccc(OCCO)cc2)C(=O)C1. The number of aliphatic hydroxyl groups excluding tert-OH is 1. The predicted molar refractivity (Wildman–Crippen MR) is 64.2 cm³/mol. The zero-order valence-electron chi connectivity index (χ0n) is 9.59. The number of nitrogens with zero attached hydrogens (tertiary/aromatic N) is 2. The minimum atomic E-state index is -0.0217. The van der Waals surface area contributed by atoms with Gasteiger partial charge in [-0.15, -0.1) is 0 Å². The second kappa shape index (κ2) is 4.97. The molecule has 0 spiro atoms. The van der Waals surface area contributed by atoms with E-state index < -0.39 is 0 Å². The molecule has 1 aliphatic heterocycles. The highest BCUT2D eigenvalue weighted by Gasteiger charge is 2.22. The number of benzene rings is 1. The Hall–Kier alpha value is -1.88. The van der Waals surface area contributed by atoms with Crippen LogP contribution in [0.15, 0.2) is 29.4 Å². The summed E-state index contributed by atoms with van der Waals surface area (Å²) in [5, 5.41) is 14.2. The van der Waals surface area contributed by atoms with Crippen LogP contribution in [0.1, 0.15) is 13.3 Å². The molecule has 0 radical (unpaired) electrons. The monoisotopic (exact) mass is 234 g/mol. The van der Waals surface area contributed by atoms with Gasteiger partial charge in [0.15, 0.2) is 0 Å². The lowest BCUT2D eigenvalue weighted by Gasteiger charge is -2.12. The average molecular weight is 234 g/mol. The molecule has 90 valence electrons. The van der Waals surface area contributed by atoms with Crippen molar-refractivity contribution in [2.24, 2.45) is 5.10 Å². The molecular weight excluding hydrogens is 220 g/mol. The molecule has 1 amide bonds. The Balaban J connectivity index is 2.10. The first-order valence-electron chi connectivity index (χ1n) is 5.41. The van der Waals surface area contributed by atoms with Crippen LogP contribution in [-0.4, -0.2) is 29.9 Å². The van der Waals surface area contributed by atoms with Gasteiger partial charge in [-0.05, 0) is 31.2 Å². The van der Waals surface area contributed by atoms with Gasteiger partial charge in [0, 0.05) is 5.71 Å². The molecule has 1 aliphatic rings. The van der Waals surface area contributed by atoms with Gasteiger partial charge in [0.25, 0.3) is 5.91 Å². The molecule has 5 nitrogen and oxygen atoms in total. The van der Waals surface area contributed by atoms with Crippen molar-refractivity contribution in [1.82, 2.24) is 0 Å². The molecule has 5 heteroatoms.